The maximum atomic E-state index is 11.9. The summed E-state index contributed by atoms with van der Waals surface area (Å²) in [5.41, 5.74) is 7.13. The van der Waals surface area contributed by atoms with Gasteiger partial charge in [0.2, 0.25) is 0 Å². The molecule has 0 radical (unpaired) electrons. The topological polar surface area (TPSA) is 80.4 Å². The molecule has 1 rings (SSSR count). The van der Waals surface area contributed by atoms with Gasteiger partial charge in [0.25, 0.3) is 0 Å². The predicted molar refractivity (Wildman–Crippen MR) is 69.7 cm³/mol. The molecule has 0 saturated heterocycles. The van der Waals surface area contributed by atoms with Crippen LogP contribution in [0, 0.1) is 0 Å². The molecule has 3 N–H and O–H groups in total. The summed E-state index contributed by atoms with van der Waals surface area (Å²) < 4.78 is 0. The van der Waals surface area contributed by atoms with E-state index in [0.717, 1.165) is 5.56 Å². The quantitative estimate of drug-likeness (QED) is 0.799. The third-order valence-electron chi connectivity index (χ3n) is 2.77. The summed E-state index contributed by atoms with van der Waals surface area (Å²) in [4.78, 5) is 22.4. The van der Waals surface area contributed by atoms with Crippen LogP contribution in [0.3, 0.4) is 0 Å². The van der Waals surface area contributed by atoms with Crippen molar-refractivity contribution in [1.82, 2.24) is 0 Å². The Morgan fingerprint density at radius 1 is 1.22 bits per heavy atom. The Morgan fingerprint density at radius 3 is 2.11 bits per heavy atom. The van der Waals surface area contributed by atoms with E-state index in [0.29, 0.717) is 5.56 Å². The van der Waals surface area contributed by atoms with Crippen LogP contribution in [0.5, 0.6) is 0 Å². The number of rotatable bonds is 4. The lowest BCUT2D eigenvalue weighted by Gasteiger charge is -2.19. The smallest absolute Gasteiger partial charge is 0.305 e. The van der Waals surface area contributed by atoms with Crippen molar-refractivity contribution in [2.75, 3.05) is 0 Å². The lowest BCUT2D eigenvalue weighted by molar-refractivity contribution is -0.137. The molecule has 0 heterocycles. The number of Topliss-reactive ketones (excluding diaryl/α,β-unsaturated/α-hetero) is 1. The lowest BCUT2D eigenvalue weighted by atomic mass is 9.86. The van der Waals surface area contributed by atoms with Crippen molar-refractivity contribution in [3.05, 3.63) is 35.4 Å². The number of carbonyl (C=O) groups excluding carboxylic acids is 1. The molecule has 0 amide bonds. The number of carboxylic acid groups (broad SMARTS) is 1. The van der Waals surface area contributed by atoms with Gasteiger partial charge in [-0.25, -0.2) is 0 Å². The molecule has 4 heteroatoms. The summed E-state index contributed by atoms with van der Waals surface area (Å²) in [5, 5.41) is 8.60. The van der Waals surface area contributed by atoms with Gasteiger partial charge in [0.1, 0.15) is 0 Å². The number of hydrogen-bond acceptors (Lipinski definition) is 3. The first-order chi connectivity index (χ1) is 8.21. The van der Waals surface area contributed by atoms with E-state index in [1.807, 2.05) is 12.1 Å². The molecule has 0 aliphatic rings. The van der Waals surface area contributed by atoms with Gasteiger partial charge in [-0.3, -0.25) is 9.59 Å². The summed E-state index contributed by atoms with van der Waals surface area (Å²) in [6.45, 7) is 6.25. The highest BCUT2D eigenvalue weighted by Gasteiger charge is 2.19. The van der Waals surface area contributed by atoms with Gasteiger partial charge in [-0.05, 0) is 11.0 Å². The molecule has 1 aromatic rings. The zero-order valence-electron chi connectivity index (χ0n) is 10.9. The van der Waals surface area contributed by atoms with E-state index in [4.69, 9.17) is 10.8 Å². The van der Waals surface area contributed by atoms with Gasteiger partial charge in [0, 0.05) is 5.56 Å². The number of carbonyl (C=O) groups is 2. The van der Waals surface area contributed by atoms with E-state index >= 15 is 0 Å². The summed E-state index contributed by atoms with van der Waals surface area (Å²) in [6, 6.07) is 6.17. The molecule has 0 aliphatic carbocycles. The Kier molecular flexibility index (Phi) is 4.24. The largest absolute Gasteiger partial charge is 0.481 e. The third-order valence-corrected chi connectivity index (χ3v) is 2.77. The van der Waals surface area contributed by atoms with Crippen LogP contribution >= 0.6 is 0 Å². The molecule has 98 valence electrons. The van der Waals surface area contributed by atoms with Gasteiger partial charge in [-0.15, -0.1) is 0 Å². The Hall–Kier alpha value is -1.68. The van der Waals surface area contributed by atoms with Crippen LogP contribution in [0.1, 0.15) is 43.1 Å². The first-order valence-electron chi connectivity index (χ1n) is 5.84. The van der Waals surface area contributed by atoms with Gasteiger partial charge in [0.15, 0.2) is 5.78 Å². The van der Waals surface area contributed by atoms with Gasteiger partial charge >= 0.3 is 5.97 Å². The summed E-state index contributed by atoms with van der Waals surface area (Å²) in [7, 11) is 0. The highest BCUT2D eigenvalue weighted by molar-refractivity contribution is 6.01. The van der Waals surface area contributed by atoms with Gasteiger partial charge < -0.3 is 10.8 Å². The molecular formula is C14H19NO3. The number of benzene rings is 1. The zero-order valence-corrected chi connectivity index (χ0v) is 10.9. The average molecular weight is 249 g/mol. The van der Waals surface area contributed by atoms with E-state index in [9.17, 15) is 9.59 Å². The third kappa shape index (κ3) is 3.67. The van der Waals surface area contributed by atoms with Crippen molar-refractivity contribution in [2.45, 2.75) is 38.6 Å². The molecular weight excluding hydrogens is 230 g/mol. The Labute approximate surface area is 107 Å². The molecule has 18 heavy (non-hydrogen) atoms. The maximum absolute atomic E-state index is 11.9. The Morgan fingerprint density at radius 2 is 1.72 bits per heavy atom. The highest BCUT2D eigenvalue weighted by atomic mass is 16.4. The monoisotopic (exact) mass is 249 g/mol. The molecule has 0 aliphatic heterocycles. The zero-order chi connectivity index (χ0) is 13.9. The summed E-state index contributed by atoms with van der Waals surface area (Å²) in [5.74, 6) is -1.40. The first kappa shape index (κ1) is 14.4. The second-order valence-electron chi connectivity index (χ2n) is 5.40. The maximum Gasteiger partial charge on any atom is 0.305 e. The van der Waals surface area contributed by atoms with Crippen LogP contribution in [0.15, 0.2) is 24.3 Å². The molecule has 4 nitrogen and oxygen atoms in total. The Balaban J connectivity index is 2.85. The van der Waals surface area contributed by atoms with Crippen LogP contribution in [-0.2, 0) is 10.2 Å². The van der Waals surface area contributed by atoms with E-state index in [-0.39, 0.29) is 17.6 Å². The SMILES string of the molecule is CC(C)(C)c1ccc(C(=O)C(N)CC(=O)O)cc1. The lowest BCUT2D eigenvalue weighted by Crippen LogP contribution is -2.33. The van der Waals surface area contributed by atoms with Crippen molar-refractivity contribution >= 4 is 11.8 Å². The summed E-state index contributed by atoms with van der Waals surface area (Å²) in [6.07, 6.45) is -0.347. The molecule has 1 unspecified atom stereocenters. The van der Waals surface area contributed by atoms with Crippen LogP contribution in [-0.4, -0.2) is 22.9 Å². The number of ketones is 1. The molecule has 1 atom stereocenters. The van der Waals surface area contributed by atoms with Crippen LogP contribution in [0.2, 0.25) is 0 Å². The molecule has 0 bridgehead atoms. The fraction of sp³-hybridized carbons (Fsp3) is 0.429. The average Bonchev–Trinajstić information content (AvgIpc) is 2.26. The minimum absolute atomic E-state index is 0.0186. The minimum Gasteiger partial charge on any atom is -0.481 e. The van der Waals surface area contributed by atoms with E-state index in [1.54, 1.807) is 12.1 Å². The van der Waals surface area contributed by atoms with Gasteiger partial charge in [0.05, 0.1) is 12.5 Å². The van der Waals surface area contributed by atoms with Crippen molar-refractivity contribution in [1.29, 1.82) is 0 Å². The Bertz CT molecular complexity index is 443. The molecule has 1 aromatic carbocycles. The fourth-order valence-corrected chi connectivity index (χ4v) is 1.63. The van der Waals surface area contributed by atoms with Crippen molar-refractivity contribution < 1.29 is 14.7 Å². The van der Waals surface area contributed by atoms with Gasteiger partial charge in [-0.1, -0.05) is 45.0 Å². The normalized spacial score (nSPS) is 13.1. The minimum atomic E-state index is -1.07. The number of aliphatic carboxylic acids is 1. The fourth-order valence-electron chi connectivity index (χ4n) is 1.63. The first-order valence-corrected chi connectivity index (χ1v) is 5.84. The summed E-state index contributed by atoms with van der Waals surface area (Å²) >= 11 is 0. The molecule has 0 aromatic heterocycles. The highest BCUT2D eigenvalue weighted by Crippen LogP contribution is 2.22. The van der Waals surface area contributed by atoms with Crippen LogP contribution < -0.4 is 5.73 Å². The van der Waals surface area contributed by atoms with E-state index in [2.05, 4.69) is 20.8 Å². The van der Waals surface area contributed by atoms with Crippen molar-refractivity contribution in [3.8, 4) is 0 Å². The molecule has 0 fully saturated rings. The van der Waals surface area contributed by atoms with Gasteiger partial charge in [-0.2, -0.15) is 0 Å². The van der Waals surface area contributed by atoms with Crippen molar-refractivity contribution in [3.63, 3.8) is 0 Å². The van der Waals surface area contributed by atoms with E-state index < -0.39 is 12.0 Å². The van der Waals surface area contributed by atoms with E-state index in [1.165, 1.54) is 0 Å². The number of hydrogen-bond donors (Lipinski definition) is 2. The number of carboxylic acids is 1. The standard InChI is InChI=1S/C14H19NO3/c1-14(2,3)10-6-4-9(5-7-10)13(18)11(15)8-12(16)17/h4-7,11H,8,15H2,1-3H3,(H,16,17). The van der Waals surface area contributed by atoms with Crippen LogP contribution in [0.4, 0.5) is 0 Å². The second-order valence-corrected chi connectivity index (χ2v) is 5.40. The van der Waals surface area contributed by atoms with Crippen molar-refractivity contribution in [2.24, 2.45) is 5.73 Å². The second kappa shape index (κ2) is 5.31. The van der Waals surface area contributed by atoms with Crippen LogP contribution in [0.25, 0.3) is 0 Å². The molecule has 0 spiro atoms. The number of nitrogens with two attached hydrogens (primary N) is 1. The molecule has 0 saturated carbocycles. The predicted octanol–water partition coefficient (Wildman–Crippen LogP) is 1.97.